The van der Waals surface area contributed by atoms with E-state index >= 15 is 0 Å². The van der Waals surface area contributed by atoms with E-state index in [1.54, 1.807) is 60.7 Å². The highest BCUT2D eigenvalue weighted by Gasteiger charge is 2.39. The van der Waals surface area contributed by atoms with Crippen molar-refractivity contribution in [1.29, 1.82) is 0 Å². The standard InChI is InChI=1S/C40H48N6O9/c1-22-35(48)42-23(2)38(51)44(4)30(18-25-11-14-28(54-7)15-12-25)37(50)43-24(3)39(52)46(6)32-20-26-9-8-10-29(17-26)55-34-21-27(13-16-33(34)47)19-31(36(49)41-22)45(5)40(32)53/h8-17,21-24,30-32,47H,18-20H2,1-7H3,(H,41,49)(H,42,48)(H,43,50). The Balaban J connectivity index is 1.58. The Labute approximate surface area is 319 Å². The van der Waals surface area contributed by atoms with Gasteiger partial charge < -0.3 is 45.2 Å². The largest absolute Gasteiger partial charge is 0.504 e. The fraction of sp³-hybridized carbons (Fsp3) is 0.400. The highest BCUT2D eigenvalue weighted by molar-refractivity contribution is 5.98. The summed E-state index contributed by atoms with van der Waals surface area (Å²) in [5.41, 5.74) is 1.84. The van der Waals surface area contributed by atoms with Crippen LogP contribution in [0, 0.1) is 0 Å². The minimum Gasteiger partial charge on any atom is -0.504 e. The average Bonchev–Trinajstić information content (AvgIpc) is 3.17. The molecule has 15 heteroatoms. The number of hydrogen-bond acceptors (Lipinski definition) is 9. The number of likely N-dealkylation sites (N-methyl/N-ethyl adjacent to an activating group) is 3. The van der Waals surface area contributed by atoms with Crippen LogP contribution in [0.5, 0.6) is 23.0 Å². The molecule has 6 bridgehead atoms. The Kier molecular flexibility index (Phi) is 12.3. The van der Waals surface area contributed by atoms with Crippen LogP contribution in [0.2, 0.25) is 0 Å². The van der Waals surface area contributed by atoms with Gasteiger partial charge in [0.15, 0.2) is 11.5 Å². The van der Waals surface area contributed by atoms with Crippen LogP contribution in [0.4, 0.5) is 0 Å². The van der Waals surface area contributed by atoms with Crippen molar-refractivity contribution < 1.29 is 43.3 Å². The molecule has 2 aliphatic rings. The number of nitrogens with one attached hydrogen (secondary N) is 3. The zero-order chi connectivity index (χ0) is 40.1. The molecule has 5 rings (SSSR count). The van der Waals surface area contributed by atoms with Crippen molar-refractivity contribution in [1.82, 2.24) is 30.7 Å². The smallest absolute Gasteiger partial charge is 0.246 e. The third-order valence-corrected chi connectivity index (χ3v) is 10.1. The molecule has 6 atom stereocenters. The number of hydrogen-bond donors (Lipinski definition) is 4. The first-order chi connectivity index (χ1) is 26.1. The first-order valence-corrected chi connectivity index (χ1v) is 18.0. The number of methoxy groups -OCH3 is 1. The summed E-state index contributed by atoms with van der Waals surface area (Å²) < 4.78 is 11.3. The number of rotatable bonds is 3. The molecule has 3 aromatic carbocycles. The summed E-state index contributed by atoms with van der Waals surface area (Å²) in [5.74, 6) is -2.77. The summed E-state index contributed by atoms with van der Waals surface area (Å²) in [7, 11) is 5.86. The number of nitrogens with zero attached hydrogens (tertiary/aromatic N) is 3. The molecule has 4 N–H and O–H groups in total. The van der Waals surface area contributed by atoms with Gasteiger partial charge in [0.2, 0.25) is 35.4 Å². The molecular weight excluding hydrogens is 708 g/mol. The Morgan fingerprint density at radius 1 is 0.673 bits per heavy atom. The summed E-state index contributed by atoms with van der Waals surface area (Å²) >= 11 is 0. The molecule has 6 amide bonds. The van der Waals surface area contributed by atoms with Gasteiger partial charge in [0.05, 0.1) is 7.11 Å². The second-order valence-electron chi connectivity index (χ2n) is 14.1. The lowest BCUT2D eigenvalue weighted by Crippen LogP contribution is -2.61. The molecule has 0 radical (unpaired) electrons. The Morgan fingerprint density at radius 3 is 1.93 bits per heavy atom. The fourth-order valence-electron chi connectivity index (χ4n) is 6.72. The first kappa shape index (κ1) is 40.1. The lowest BCUT2D eigenvalue weighted by atomic mass is 9.99. The minimum absolute atomic E-state index is 0.00475. The van der Waals surface area contributed by atoms with E-state index in [1.807, 2.05) is 0 Å². The number of phenols is 1. The molecule has 55 heavy (non-hydrogen) atoms. The van der Waals surface area contributed by atoms with Crippen LogP contribution in [0.1, 0.15) is 37.5 Å². The van der Waals surface area contributed by atoms with Crippen molar-refractivity contribution >= 4 is 35.4 Å². The molecule has 1 saturated heterocycles. The van der Waals surface area contributed by atoms with Gasteiger partial charge in [0.25, 0.3) is 0 Å². The molecule has 6 unspecified atom stereocenters. The normalized spacial score (nSPS) is 24.6. The van der Waals surface area contributed by atoms with Gasteiger partial charge in [-0.3, -0.25) is 28.8 Å². The Bertz CT molecular complexity index is 1950. The topological polar surface area (TPSA) is 187 Å². The van der Waals surface area contributed by atoms with Gasteiger partial charge >= 0.3 is 0 Å². The molecule has 292 valence electrons. The van der Waals surface area contributed by atoms with Gasteiger partial charge in [-0.15, -0.1) is 0 Å². The van der Waals surface area contributed by atoms with Crippen molar-refractivity contribution in [2.24, 2.45) is 0 Å². The number of ether oxygens (including phenoxy) is 2. The van der Waals surface area contributed by atoms with Crippen LogP contribution >= 0.6 is 0 Å². The van der Waals surface area contributed by atoms with E-state index in [0.29, 0.717) is 28.2 Å². The maximum absolute atomic E-state index is 14.6. The molecule has 1 fully saturated rings. The molecule has 0 aromatic heterocycles. The molecule has 2 aliphatic heterocycles. The Hall–Kier alpha value is -6.12. The minimum atomic E-state index is -1.20. The van der Waals surface area contributed by atoms with Crippen molar-refractivity contribution in [2.45, 2.75) is 76.3 Å². The van der Waals surface area contributed by atoms with E-state index in [9.17, 15) is 33.9 Å². The van der Waals surface area contributed by atoms with Gasteiger partial charge in [-0.25, -0.2) is 0 Å². The van der Waals surface area contributed by atoms with Gasteiger partial charge in [-0.1, -0.05) is 30.3 Å². The quantitative estimate of drug-likeness (QED) is 0.308. The van der Waals surface area contributed by atoms with E-state index in [2.05, 4.69) is 16.0 Å². The number of amides is 6. The highest BCUT2D eigenvalue weighted by Crippen LogP contribution is 2.33. The maximum atomic E-state index is 14.6. The lowest BCUT2D eigenvalue weighted by Gasteiger charge is -2.36. The summed E-state index contributed by atoms with van der Waals surface area (Å²) in [4.78, 5) is 87.8. The van der Waals surface area contributed by atoms with E-state index in [0.717, 1.165) is 0 Å². The summed E-state index contributed by atoms with van der Waals surface area (Å²) in [5, 5.41) is 18.7. The van der Waals surface area contributed by atoms with Crippen molar-refractivity contribution in [2.75, 3.05) is 28.3 Å². The van der Waals surface area contributed by atoms with Gasteiger partial charge in [-0.05, 0) is 73.9 Å². The zero-order valence-corrected chi connectivity index (χ0v) is 32.0. The molecule has 0 spiro atoms. The third-order valence-electron chi connectivity index (χ3n) is 10.1. The van der Waals surface area contributed by atoms with Gasteiger partial charge in [0, 0.05) is 40.4 Å². The van der Waals surface area contributed by atoms with Crippen LogP contribution in [0.15, 0.2) is 66.7 Å². The number of fused-ring (bicyclic) bond motifs is 7. The van der Waals surface area contributed by atoms with E-state index in [4.69, 9.17) is 9.47 Å². The number of aromatic hydroxyl groups is 1. The van der Waals surface area contributed by atoms with E-state index < -0.39 is 71.7 Å². The highest BCUT2D eigenvalue weighted by atomic mass is 16.5. The summed E-state index contributed by atoms with van der Waals surface area (Å²) in [6.45, 7) is 4.40. The second-order valence-corrected chi connectivity index (χ2v) is 14.1. The number of phenolic OH excluding ortho intramolecular Hbond substituents is 1. The van der Waals surface area contributed by atoms with Crippen LogP contribution in [-0.4, -0.2) is 120 Å². The summed E-state index contributed by atoms with van der Waals surface area (Å²) in [6, 6.07) is 11.5. The van der Waals surface area contributed by atoms with E-state index in [1.165, 1.54) is 69.8 Å². The number of carbonyl (C=O) groups is 6. The van der Waals surface area contributed by atoms with Crippen LogP contribution < -0.4 is 25.4 Å². The molecule has 3 aromatic rings. The van der Waals surface area contributed by atoms with Gasteiger partial charge in [0.1, 0.15) is 47.8 Å². The third kappa shape index (κ3) is 9.16. The predicted octanol–water partition coefficient (Wildman–Crippen LogP) is 1.54. The predicted molar refractivity (Wildman–Crippen MR) is 201 cm³/mol. The fourth-order valence-corrected chi connectivity index (χ4v) is 6.72. The lowest BCUT2D eigenvalue weighted by molar-refractivity contribution is -0.149. The molecular formula is C40H48N6O9. The van der Waals surface area contributed by atoms with Crippen molar-refractivity contribution in [3.63, 3.8) is 0 Å². The number of benzene rings is 3. The van der Waals surface area contributed by atoms with Crippen molar-refractivity contribution in [3.8, 4) is 23.0 Å². The molecule has 0 saturated carbocycles. The summed E-state index contributed by atoms with van der Waals surface area (Å²) in [6.07, 6.45) is 0.00586. The monoisotopic (exact) mass is 756 g/mol. The molecule has 0 aliphatic carbocycles. The molecule has 2 heterocycles. The van der Waals surface area contributed by atoms with Crippen molar-refractivity contribution in [3.05, 3.63) is 83.4 Å². The van der Waals surface area contributed by atoms with Crippen LogP contribution in [0.25, 0.3) is 0 Å². The Morgan fingerprint density at radius 2 is 1.25 bits per heavy atom. The van der Waals surface area contributed by atoms with Crippen LogP contribution in [-0.2, 0) is 48.0 Å². The SMILES string of the molecule is COc1ccc(CC2C(=O)NC(C)C(=O)N(C)C3Cc4cccc(c4)Oc4cc(ccc4O)CC(C(=O)NC(C)C(=O)NC(C)C(=O)N2C)N(C)C3=O)cc1. The van der Waals surface area contributed by atoms with Gasteiger partial charge in [-0.2, -0.15) is 0 Å². The maximum Gasteiger partial charge on any atom is 0.246 e. The number of carbonyl (C=O) groups excluding carboxylic acids is 6. The van der Waals surface area contributed by atoms with Crippen LogP contribution in [0.3, 0.4) is 0 Å². The zero-order valence-electron chi connectivity index (χ0n) is 32.0. The second kappa shape index (κ2) is 16.9. The first-order valence-electron chi connectivity index (χ1n) is 18.0. The van der Waals surface area contributed by atoms with E-state index in [-0.39, 0.29) is 30.8 Å². The molecule has 15 nitrogen and oxygen atoms in total. The average molecular weight is 757 g/mol.